The van der Waals surface area contributed by atoms with Crippen molar-refractivity contribution in [3.63, 3.8) is 0 Å². The Morgan fingerprint density at radius 2 is 2.18 bits per heavy atom. The van der Waals surface area contributed by atoms with Crippen molar-refractivity contribution in [2.24, 2.45) is 5.84 Å². The van der Waals surface area contributed by atoms with Gasteiger partial charge in [-0.25, -0.2) is 9.82 Å². The van der Waals surface area contributed by atoms with Gasteiger partial charge in [-0.3, -0.25) is 5.84 Å². The molecule has 1 aromatic carbocycles. The first-order valence-corrected chi connectivity index (χ1v) is 6.76. The summed E-state index contributed by atoms with van der Waals surface area (Å²) >= 11 is 4.75. The molecule has 2 nitrogen and oxygen atoms in total. The van der Waals surface area contributed by atoms with Crippen LogP contribution < -0.4 is 11.3 Å². The van der Waals surface area contributed by atoms with E-state index < -0.39 is 0 Å². The Labute approximate surface area is 112 Å². The maximum atomic E-state index is 14.0. The second-order valence-electron chi connectivity index (χ2n) is 3.71. The maximum absolute atomic E-state index is 14.0. The third-order valence-corrected chi connectivity index (χ3v) is 4.32. The minimum atomic E-state index is -0.313. The summed E-state index contributed by atoms with van der Waals surface area (Å²) in [6, 6.07) is 6.90. The van der Waals surface area contributed by atoms with Gasteiger partial charge in [0.05, 0.1) is 10.5 Å². The van der Waals surface area contributed by atoms with Gasteiger partial charge in [0.1, 0.15) is 5.82 Å². The molecule has 0 spiro atoms. The standard InChI is InChI=1S/C12H12BrFN2S/c1-7-5-6-17-12(7)11(16-15)8-3-2-4-9(13)10(8)14/h2-6,11,16H,15H2,1H3. The zero-order valence-electron chi connectivity index (χ0n) is 9.21. The highest BCUT2D eigenvalue weighted by molar-refractivity contribution is 9.10. The van der Waals surface area contributed by atoms with Crippen LogP contribution in [0.15, 0.2) is 34.1 Å². The lowest BCUT2D eigenvalue weighted by Gasteiger charge is -2.17. The average molecular weight is 315 g/mol. The lowest BCUT2D eigenvalue weighted by Crippen LogP contribution is -2.29. The molecule has 1 unspecified atom stereocenters. The SMILES string of the molecule is Cc1ccsc1C(NN)c1cccc(Br)c1F. The zero-order chi connectivity index (χ0) is 12.4. The molecule has 0 saturated heterocycles. The van der Waals surface area contributed by atoms with Crippen molar-refractivity contribution in [2.45, 2.75) is 13.0 Å². The minimum absolute atomic E-state index is 0.275. The van der Waals surface area contributed by atoms with Crippen LogP contribution in [0.25, 0.3) is 0 Å². The van der Waals surface area contributed by atoms with Crippen LogP contribution in [0.1, 0.15) is 22.0 Å². The molecule has 0 fully saturated rings. The molecular formula is C12H12BrFN2S. The van der Waals surface area contributed by atoms with Crippen LogP contribution in [0.2, 0.25) is 0 Å². The van der Waals surface area contributed by atoms with Crippen molar-refractivity contribution in [3.05, 3.63) is 55.9 Å². The largest absolute Gasteiger partial charge is 0.271 e. The molecule has 0 aliphatic heterocycles. The van der Waals surface area contributed by atoms with Gasteiger partial charge in [0.25, 0.3) is 0 Å². The Bertz CT molecular complexity index is 527. The molecule has 3 N–H and O–H groups in total. The number of halogens is 2. The summed E-state index contributed by atoms with van der Waals surface area (Å²) in [7, 11) is 0. The highest BCUT2D eigenvalue weighted by Gasteiger charge is 2.20. The summed E-state index contributed by atoms with van der Waals surface area (Å²) in [4.78, 5) is 1.03. The first-order valence-electron chi connectivity index (χ1n) is 5.09. The molecule has 0 aliphatic rings. The van der Waals surface area contributed by atoms with E-state index in [1.54, 1.807) is 29.5 Å². The number of aryl methyl sites for hydroxylation is 1. The van der Waals surface area contributed by atoms with Crippen LogP contribution in [0.3, 0.4) is 0 Å². The van der Waals surface area contributed by atoms with Gasteiger partial charge < -0.3 is 0 Å². The number of nitrogens with two attached hydrogens (primary N) is 1. The van der Waals surface area contributed by atoms with Gasteiger partial charge in [-0.05, 0) is 45.9 Å². The van der Waals surface area contributed by atoms with Gasteiger partial charge in [-0.2, -0.15) is 0 Å². The summed E-state index contributed by atoms with van der Waals surface area (Å²) < 4.78 is 14.5. The van der Waals surface area contributed by atoms with Crippen LogP contribution in [-0.4, -0.2) is 0 Å². The Balaban J connectivity index is 2.50. The predicted molar refractivity (Wildman–Crippen MR) is 72.3 cm³/mol. The summed E-state index contributed by atoms with van der Waals surface area (Å²) in [6.07, 6.45) is 0. The number of rotatable bonds is 3. The van der Waals surface area contributed by atoms with E-state index in [0.29, 0.717) is 10.0 Å². The first-order chi connectivity index (χ1) is 8.15. The average Bonchev–Trinajstić information content (AvgIpc) is 2.72. The molecule has 1 aromatic heterocycles. The lowest BCUT2D eigenvalue weighted by atomic mass is 10.0. The van der Waals surface area contributed by atoms with Crippen molar-refractivity contribution in [2.75, 3.05) is 0 Å². The normalized spacial score (nSPS) is 12.7. The summed E-state index contributed by atoms with van der Waals surface area (Å²) in [5, 5.41) is 1.98. The monoisotopic (exact) mass is 314 g/mol. The Morgan fingerprint density at radius 3 is 2.76 bits per heavy atom. The Kier molecular flexibility index (Phi) is 3.93. The highest BCUT2D eigenvalue weighted by atomic mass is 79.9. The van der Waals surface area contributed by atoms with E-state index in [-0.39, 0.29) is 11.9 Å². The molecule has 2 aromatic rings. The number of nitrogens with one attached hydrogen (secondary N) is 1. The fourth-order valence-corrected chi connectivity index (χ4v) is 3.12. The van der Waals surface area contributed by atoms with E-state index in [4.69, 9.17) is 5.84 Å². The predicted octanol–water partition coefficient (Wildman–Crippen LogP) is 3.51. The zero-order valence-corrected chi connectivity index (χ0v) is 11.6. The Morgan fingerprint density at radius 1 is 1.41 bits per heavy atom. The van der Waals surface area contributed by atoms with Gasteiger partial charge >= 0.3 is 0 Å². The van der Waals surface area contributed by atoms with Crippen LogP contribution in [-0.2, 0) is 0 Å². The molecule has 1 heterocycles. The molecule has 0 aliphatic carbocycles. The molecule has 17 heavy (non-hydrogen) atoms. The van der Waals surface area contributed by atoms with E-state index in [1.165, 1.54) is 0 Å². The summed E-state index contributed by atoms with van der Waals surface area (Å²) in [5.41, 5.74) is 4.34. The van der Waals surface area contributed by atoms with E-state index in [9.17, 15) is 4.39 Å². The third kappa shape index (κ3) is 2.42. The summed E-state index contributed by atoms with van der Waals surface area (Å²) in [6.45, 7) is 1.99. The van der Waals surface area contributed by atoms with E-state index in [0.717, 1.165) is 10.4 Å². The fraction of sp³-hybridized carbons (Fsp3) is 0.167. The number of hydrogen-bond donors (Lipinski definition) is 2. The van der Waals surface area contributed by atoms with Crippen molar-refractivity contribution in [1.82, 2.24) is 5.43 Å². The molecule has 1 atom stereocenters. The highest BCUT2D eigenvalue weighted by Crippen LogP contribution is 2.32. The van der Waals surface area contributed by atoms with E-state index in [2.05, 4.69) is 21.4 Å². The smallest absolute Gasteiger partial charge is 0.142 e. The van der Waals surface area contributed by atoms with Crippen LogP contribution >= 0.6 is 27.3 Å². The van der Waals surface area contributed by atoms with Gasteiger partial charge in [0, 0.05) is 10.4 Å². The number of benzene rings is 1. The van der Waals surface area contributed by atoms with Gasteiger partial charge in [-0.1, -0.05) is 12.1 Å². The molecule has 0 bridgehead atoms. The van der Waals surface area contributed by atoms with Crippen molar-refractivity contribution in [3.8, 4) is 0 Å². The lowest BCUT2D eigenvalue weighted by molar-refractivity contribution is 0.559. The van der Waals surface area contributed by atoms with Crippen molar-refractivity contribution < 1.29 is 4.39 Å². The van der Waals surface area contributed by atoms with Crippen LogP contribution in [0.5, 0.6) is 0 Å². The number of hydrazine groups is 1. The molecule has 5 heteroatoms. The van der Waals surface area contributed by atoms with Gasteiger partial charge in [0.2, 0.25) is 0 Å². The van der Waals surface area contributed by atoms with E-state index in [1.807, 2.05) is 18.4 Å². The fourth-order valence-electron chi connectivity index (χ4n) is 1.73. The summed E-state index contributed by atoms with van der Waals surface area (Å²) in [5.74, 6) is 5.28. The van der Waals surface area contributed by atoms with Gasteiger partial charge in [0.15, 0.2) is 0 Å². The third-order valence-electron chi connectivity index (χ3n) is 2.62. The van der Waals surface area contributed by atoms with Gasteiger partial charge in [-0.15, -0.1) is 11.3 Å². The van der Waals surface area contributed by atoms with E-state index >= 15 is 0 Å². The molecule has 0 amide bonds. The minimum Gasteiger partial charge on any atom is -0.271 e. The Hall–Kier alpha value is -0.750. The molecular weight excluding hydrogens is 303 g/mol. The quantitative estimate of drug-likeness (QED) is 0.672. The number of hydrogen-bond acceptors (Lipinski definition) is 3. The molecule has 2 rings (SSSR count). The van der Waals surface area contributed by atoms with Crippen molar-refractivity contribution in [1.29, 1.82) is 0 Å². The van der Waals surface area contributed by atoms with Crippen molar-refractivity contribution >= 4 is 27.3 Å². The number of thiophene rings is 1. The first kappa shape index (κ1) is 12.7. The molecule has 90 valence electrons. The second-order valence-corrected chi connectivity index (χ2v) is 5.51. The van der Waals surface area contributed by atoms with Crippen LogP contribution in [0, 0.1) is 12.7 Å². The molecule has 0 radical (unpaired) electrons. The van der Waals surface area contributed by atoms with Crippen LogP contribution in [0.4, 0.5) is 4.39 Å². The maximum Gasteiger partial charge on any atom is 0.142 e. The second kappa shape index (κ2) is 5.27. The topological polar surface area (TPSA) is 38.0 Å². The molecule has 0 saturated carbocycles.